The largest absolute Gasteiger partial charge is 0.358 e. The van der Waals surface area contributed by atoms with Crippen LogP contribution in [0.3, 0.4) is 0 Å². The summed E-state index contributed by atoms with van der Waals surface area (Å²) in [5.74, 6) is 3.31. The first-order chi connectivity index (χ1) is 15.5. The highest BCUT2D eigenvalue weighted by Gasteiger charge is 2.24. The molecule has 2 aliphatic heterocycles. The Morgan fingerprint density at radius 1 is 1.03 bits per heavy atom. The Hall–Kier alpha value is -2.12. The van der Waals surface area contributed by atoms with E-state index < -0.39 is 0 Å². The van der Waals surface area contributed by atoms with Gasteiger partial charge in [0.25, 0.3) is 0 Å². The summed E-state index contributed by atoms with van der Waals surface area (Å²) >= 11 is 11.5. The minimum atomic E-state index is 0.482. The molecule has 2 aliphatic rings. The van der Waals surface area contributed by atoms with Crippen LogP contribution in [0.1, 0.15) is 51.5 Å². The van der Waals surface area contributed by atoms with Crippen molar-refractivity contribution >= 4 is 46.5 Å². The molecule has 2 fully saturated rings. The minimum Gasteiger partial charge on any atom is -0.358 e. The summed E-state index contributed by atoms with van der Waals surface area (Å²) < 4.78 is 0. The molecule has 1 atom stereocenters. The van der Waals surface area contributed by atoms with Crippen LogP contribution in [0.4, 0.5) is 17.6 Å². The van der Waals surface area contributed by atoms with Crippen LogP contribution in [0.5, 0.6) is 0 Å². The molecule has 2 aromatic rings. The maximum absolute atomic E-state index is 5.97. The zero-order valence-electron chi connectivity index (χ0n) is 19.0. The topological polar surface area (TPSA) is 56.3 Å². The lowest BCUT2D eigenvalue weighted by atomic mass is 9.99. The van der Waals surface area contributed by atoms with Crippen LogP contribution in [0.25, 0.3) is 0 Å². The van der Waals surface area contributed by atoms with Gasteiger partial charge in [0, 0.05) is 43.3 Å². The molecule has 2 saturated heterocycles. The van der Waals surface area contributed by atoms with E-state index in [1.165, 1.54) is 32.1 Å². The molecule has 0 bridgehead atoms. The Balaban J connectivity index is 1.50. The average Bonchev–Trinajstić information content (AvgIpc) is 2.79. The summed E-state index contributed by atoms with van der Waals surface area (Å²) in [6, 6.07) is 10.4. The van der Waals surface area contributed by atoms with Gasteiger partial charge in [-0.1, -0.05) is 30.7 Å². The predicted molar refractivity (Wildman–Crippen MR) is 138 cm³/mol. The molecule has 1 aromatic heterocycles. The first kappa shape index (κ1) is 23.1. The normalized spacial score (nSPS) is 19.7. The van der Waals surface area contributed by atoms with Gasteiger partial charge >= 0.3 is 0 Å². The van der Waals surface area contributed by atoms with E-state index in [2.05, 4.69) is 40.3 Å². The van der Waals surface area contributed by atoms with Crippen molar-refractivity contribution in [3.8, 4) is 0 Å². The van der Waals surface area contributed by atoms with E-state index >= 15 is 0 Å². The molecule has 4 rings (SSSR count). The summed E-state index contributed by atoms with van der Waals surface area (Å²) in [6.07, 6.45) is 6.08. The third-order valence-corrected chi connectivity index (χ3v) is 6.99. The SMILES string of the molecule is CC1CCN(c2cc(N3CCCCC3C)nc(NC(=S)NCc3ccc(Cl)cc3)n2)CC1. The lowest BCUT2D eigenvalue weighted by Crippen LogP contribution is -2.39. The van der Waals surface area contributed by atoms with Crippen LogP contribution in [0.2, 0.25) is 5.02 Å². The fraction of sp³-hybridized carbons (Fsp3) is 0.542. The van der Waals surface area contributed by atoms with Crippen molar-refractivity contribution in [3.63, 3.8) is 0 Å². The molecule has 0 aliphatic carbocycles. The smallest absolute Gasteiger partial charge is 0.232 e. The van der Waals surface area contributed by atoms with E-state index in [0.29, 0.717) is 23.6 Å². The summed E-state index contributed by atoms with van der Waals surface area (Å²) in [7, 11) is 0. The van der Waals surface area contributed by atoms with Gasteiger partial charge in [-0.3, -0.25) is 0 Å². The van der Waals surface area contributed by atoms with Crippen molar-refractivity contribution in [3.05, 3.63) is 40.9 Å². The van der Waals surface area contributed by atoms with Gasteiger partial charge < -0.3 is 20.4 Å². The lowest BCUT2D eigenvalue weighted by Gasteiger charge is -2.36. The molecule has 172 valence electrons. The van der Waals surface area contributed by atoms with Crippen molar-refractivity contribution < 1.29 is 0 Å². The van der Waals surface area contributed by atoms with Crippen LogP contribution >= 0.6 is 23.8 Å². The summed E-state index contributed by atoms with van der Waals surface area (Å²) in [6.45, 7) is 8.33. The highest BCUT2D eigenvalue weighted by molar-refractivity contribution is 7.80. The zero-order chi connectivity index (χ0) is 22.5. The van der Waals surface area contributed by atoms with Crippen LogP contribution < -0.4 is 20.4 Å². The predicted octanol–water partition coefficient (Wildman–Crippen LogP) is 5.23. The molecule has 0 amide bonds. The van der Waals surface area contributed by atoms with Crippen LogP contribution in [0, 0.1) is 5.92 Å². The van der Waals surface area contributed by atoms with Crippen LogP contribution in [-0.4, -0.2) is 40.8 Å². The number of rotatable bonds is 5. The number of nitrogens with zero attached hydrogens (tertiary/aromatic N) is 4. The number of nitrogens with one attached hydrogen (secondary N) is 2. The molecule has 1 aromatic carbocycles. The number of hydrogen-bond acceptors (Lipinski definition) is 5. The number of thiocarbonyl (C=S) groups is 1. The van der Waals surface area contributed by atoms with Crippen molar-refractivity contribution in [2.75, 3.05) is 34.8 Å². The zero-order valence-corrected chi connectivity index (χ0v) is 20.6. The van der Waals surface area contributed by atoms with Crippen molar-refractivity contribution in [2.45, 2.75) is 58.5 Å². The standard InChI is InChI=1S/C24H33ClN6S/c1-17-10-13-30(14-11-17)21-15-22(31-12-4-3-5-18(31)2)28-23(27-21)29-24(32)26-16-19-6-8-20(25)9-7-19/h6-9,15,17-18H,3-5,10-14,16H2,1-2H3,(H2,26,27,28,29,32). The quantitative estimate of drug-likeness (QED) is 0.577. The molecule has 2 N–H and O–H groups in total. The third-order valence-electron chi connectivity index (χ3n) is 6.50. The van der Waals surface area contributed by atoms with Crippen molar-refractivity contribution in [2.24, 2.45) is 5.92 Å². The first-order valence-corrected chi connectivity index (χ1v) is 12.5. The van der Waals surface area contributed by atoms with Gasteiger partial charge in [-0.25, -0.2) is 0 Å². The summed E-state index contributed by atoms with van der Waals surface area (Å²) in [5, 5.41) is 7.72. The molecular formula is C24H33ClN6S. The maximum Gasteiger partial charge on any atom is 0.232 e. The van der Waals surface area contributed by atoms with Gasteiger partial charge in [0.05, 0.1) is 0 Å². The Morgan fingerprint density at radius 3 is 2.47 bits per heavy atom. The Morgan fingerprint density at radius 2 is 1.75 bits per heavy atom. The third kappa shape index (κ3) is 6.01. The van der Waals surface area contributed by atoms with E-state index in [1.807, 2.05) is 24.3 Å². The second kappa shape index (κ2) is 10.7. The Kier molecular flexibility index (Phi) is 7.68. The van der Waals surface area contributed by atoms with Crippen LogP contribution in [0.15, 0.2) is 30.3 Å². The summed E-state index contributed by atoms with van der Waals surface area (Å²) in [4.78, 5) is 14.5. The molecule has 0 radical (unpaired) electrons. The van der Waals surface area contributed by atoms with E-state index in [1.54, 1.807) is 0 Å². The number of aromatic nitrogens is 2. The molecule has 6 nitrogen and oxygen atoms in total. The number of halogens is 1. The number of piperidine rings is 2. The highest BCUT2D eigenvalue weighted by Crippen LogP contribution is 2.29. The highest BCUT2D eigenvalue weighted by atomic mass is 35.5. The molecule has 0 spiro atoms. The van der Waals surface area contributed by atoms with Crippen LogP contribution in [-0.2, 0) is 6.54 Å². The second-order valence-electron chi connectivity index (χ2n) is 9.05. The molecule has 8 heteroatoms. The second-order valence-corrected chi connectivity index (χ2v) is 9.89. The Labute approximate surface area is 201 Å². The number of anilines is 3. The van der Waals surface area contributed by atoms with Gasteiger partial charge in [-0.05, 0) is 74.9 Å². The number of hydrogen-bond donors (Lipinski definition) is 2. The van der Waals surface area contributed by atoms with Gasteiger partial charge in [0.15, 0.2) is 5.11 Å². The molecular weight excluding hydrogens is 440 g/mol. The van der Waals surface area contributed by atoms with Gasteiger partial charge in [-0.2, -0.15) is 9.97 Å². The maximum atomic E-state index is 5.97. The van der Waals surface area contributed by atoms with Gasteiger partial charge in [0.2, 0.25) is 5.95 Å². The van der Waals surface area contributed by atoms with E-state index in [-0.39, 0.29) is 0 Å². The van der Waals surface area contributed by atoms with E-state index in [4.69, 9.17) is 33.8 Å². The average molecular weight is 473 g/mol. The van der Waals surface area contributed by atoms with Gasteiger partial charge in [0.1, 0.15) is 11.6 Å². The lowest BCUT2D eigenvalue weighted by molar-refractivity contribution is 0.436. The molecule has 32 heavy (non-hydrogen) atoms. The van der Waals surface area contributed by atoms with Crippen molar-refractivity contribution in [1.29, 1.82) is 0 Å². The summed E-state index contributed by atoms with van der Waals surface area (Å²) in [5.41, 5.74) is 1.11. The van der Waals surface area contributed by atoms with E-state index in [0.717, 1.165) is 47.8 Å². The fourth-order valence-corrected chi connectivity index (χ4v) is 4.68. The Bertz CT molecular complexity index is 913. The first-order valence-electron chi connectivity index (χ1n) is 11.7. The molecule has 1 unspecified atom stereocenters. The monoisotopic (exact) mass is 472 g/mol. The minimum absolute atomic E-state index is 0.482. The number of benzene rings is 1. The fourth-order valence-electron chi connectivity index (χ4n) is 4.39. The molecule has 3 heterocycles. The van der Waals surface area contributed by atoms with Crippen molar-refractivity contribution in [1.82, 2.24) is 15.3 Å². The van der Waals surface area contributed by atoms with E-state index in [9.17, 15) is 0 Å². The molecule has 0 saturated carbocycles. The van der Waals surface area contributed by atoms with Gasteiger partial charge in [-0.15, -0.1) is 0 Å².